The Labute approximate surface area is 202 Å². The molecule has 3 rings (SSSR count). The van der Waals surface area contributed by atoms with Crippen molar-refractivity contribution in [2.24, 2.45) is 0 Å². The Morgan fingerprint density at radius 3 is 2.34 bits per heavy atom. The number of carbonyl (C=O) groups excluding carboxylic acids is 1. The second-order valence-electron chi connectivity index (χ2n) is 9.33. The number of Topliss-reactive ketones (excluding diaryl/α,β-unsaturated/α-hetero) is 1. The van der Waals surface area contributed by atoms with Crippen molar-refractivity contribution in [1.29, 1.82) is 5.26 Å². The summed E-state index contributed by atoms with van der Waals surface area (Å²) in [5.74, 6) is -0.0990. The van der Waals surface area contributed by atoms with E-state index in [4.69, 9.17) is 0 Å². The number of ketones is 1. The van der Waals surface area contributed by atoms with Gasteiger partial charge in [-0.3, -0.25) is 4.79 Å². The quantitative estimate of drug-likeness (QED) is 0.275. The lowest BCUT2D eigenvalue weighted by Gasteiger charge is -2.52. The number of hydrogen-bond acceptors (Lipinski definition) is 4. The molecule has 4 atom stereocenters. The number of nitrogens with zero attached hydrogens (tertiary/aromatic N) is 3. The molecule has 0 spiro atoms. The number of nitriles is 1. The van der Waals surface area contributed by atoms with Crippen LogP contribution in [-0.4, -0.2) is 33.5 Å². The Bertz CT molecular complexity index is 1210. The molecule has 0 saturated carbocycles. The van der Waals surface area contributed by atoms with Crippen molar-refractivity contribution < 1.29 is 4.79 Å². The van der Waals surface area contributed by atoms with Crippen LogP contribution in [0.3, 0.4) is 0 Å². The second kappa shape index (κ2) is 8.78. The maximum Gasteiger partial charge on any atom is 0.162 e. The van der Waals surface area contributed by atoms with Crippen molar-refractivity contribution in [3.05, 3.63) is 58.2 Å². The van der Waals surface area contributed by atoms with Gasteiger partial charge in [-0.1, -0.05) is 32.9 Å². The van der Waals surface area contributed by atoms with Crippen molar-refractivity contribution in [1.82, 2.24) is 9.78 Å². The summed E-state index contributed by atoms with van der Waals surface area (Å²) in [6.07, 6.45) is 3.73. The Hall–Kier alpha value is -1.36. The zero-order valence-electron chi connectivity index (χ0n) is 19.4. The van der Waals surface area contributed by atoms with E-state index in [0.29, 0.717) is 10.4 Å². The lowest BCUT2D eigenvalue weighted by Crippen LogP contribution is -2.54. The first-order chi connectivity index (χ1) is 14.7. The van der Waals surface area contributed by atoms with E-state index in [1.165, 1.54) is 23.8 Å². The van der Waals surface area contributed by atoms with Crippen LogP contribution in [-0.2, 0) is 5.31 Å². The van der Waals surface area contributed by atoms with E-state index in [0.717, 1.165) is 21.7 Å². The van der Waals surface area contributed by atoms with Gasteiger partial charge in [0.2, 0.25) is 0 Å². The third-order valence-corrected chi connectivity index (χ3v) is 9.29. The SMILES string of the molecule is BC(c1ccc(-n2cc(-c3cc(C(C)=O)c(C#N)s3)cn2)c(C)c1)(C(C)(C)P)C(C)(P)P. The number of aromatic nitrogens is 2. The second-order valence-corrected chi connectivity index (χ2v) is 14.9. The van der Waals surface area contributed by atoms with Gasteiger partial charge in [0.25, 0.3) is 0 Å². The van der Waals surface area contributed by atoms with Gasteiger partial charge in [-0.15, -0.1) is 39.1 Å². The summed E-state index contributed by atoms with van der Waals surface area (Å²) in [7, 11) is 11.3. The van der Waals surface area contributed by atoms with Crippen LogP contribution in [0.1, 0.15) is 54.1 Å². The summed E-state index contributed by atoms with van der Waals surface area (Å²) < 4.78 is 1.86. The van der Waals surface area contributed by atoms with E-state index in [-0.39, 0.29) is 21.2 Å². The van der Waals surface area contributed by atoms with Crippen LogP contribution in [0.2, 0.25) is 0 Å². The molecular weight excluding hydrogens is 470 g/mol. The van der Waals surface area contributed by atoms with E-state index in [2.05, 4.69) is 92.6 Å². The maximum atomic E-state index is 11.8. The number of thiophene rings is 1. The van der Waals surface area contributed by atoms with E-state index in [9.17, 15) is 10.1 Å². The lowest BCUT2D eigenvalue weighted by atomic mass is 9.55. The highest BCUT2D eigenvalue weighted by molar-refractivity contribution is 7.40. The minimum absolute atomic E-state index is 0.0376. The number of carbonyl (C=O) groups is 1. The predicted molar refractivity (Wildman–Crippen MR) is 148 cm³/mol. The largest absolute Gasteiger partial charge is 0.294 e. The molecular formula is C23H29BN3OP3S. The molecule has 0 radical (unpaired) electrons. The van der Waals surface area contributed by atoms with Gasteiger partial charge in [0.05, 0.1) is 11.9 Å². The number of benzene rings is 1. The molecule has 166 valence electrons. The predicted octanol–water partition coefficient (Wildman–Crippen LogP) is 4.93. The standard InChI is InChI=1S/C23H29BN3OP3S/c1-13-8-16(23(24,21(3,4)29)22(5,30)31)6-7-18(13)27-12-15(11-26-27)19-9-17(14(2)28)20(10-25)32-19/h6-9,11-12H,24,29-31H2,1-5H3. The number of rotatable bonds is 6. The van der Waals surface area contributed by atoms with Crippen molar-refractivity contribution in [2.45, 2.75) is 50.0 Å². The first kappa shape index (κ1) is 25.3. The molecule has 4 nitrogen and oxygen atoms in total. The third kappa shape index (κ3) is 4.39. The Morgan fingerprint density at radius 2 is 1.88 bits per heavy atom. The highest BCUT2D eigenvalue weighted by atomic mass is 32.1. The lowest BCUT2D eigenvalue weighted by molar-refractivity contribution is 0.101. The molecule has 0 amide bonds. The summed E-state index contributed by atoms with van der Waals surface area (Å²) in [4.78, 5) is 13.0. The Balaban J connectivity index is 2.03. The van der Waals surface area contributed by atoms with Gasteiger partial charge in [-0.2, -0.15) is 10.4 Å². The molecule has 0 aliphatic rings. The van der Waals surface area contributed by atoms with E-state index >= 15 is 0 Å². The van der Waals surface area contributed by atoms with Gasteiger partial charge in [0.15, 0.2) is 5.78 Å². The summed E-state index contributed by atoms with van der Waals surface area (Å²) in [6.45, 7) is 10.3. The molecule has 3 aromatic rings. The van der Waals surface area contributed by atoms with Crippen molar-refractivity contribution in [3.8, 4) is 22.2 Å². The molecule has 1 aromatic carbocycles. The minimum atomic E-state index is -0.133. The monoisotopic (exact) mass is 499 g/mol. The average molecular weight is 499 g/mol. The van der Waals surface area contributed by atoms with E-state index < -0.39 is 0 Å². The fourth-order valence-electron chi connectivity index (χ4n) is 4.06. The van der Waals surface area contributed by atoms with Crippen molar-refractivity contribution >= 4 is 52.7 Å². The molecule has 4 unspecified atom stereocenters. The van der Waals surface area contributed by atoms with Crippen LogP contribution in [0.5, 0.6) is 0 Å². The van der Waals surface area contributed by atoms with Crippen LogP contribution in [0.25, 0.3) is 16.1 Å². The molecule has 2 aromatic heterocycles. The minimum Gasteiger partial charge on any atom is -0.294 e. The van der Waals surface area contributed by atoms with Crippen molar-refractivity contribution in [2.75, 3.05) is 0 Å². The first-order valence-corrected chi connectivity index (χ1v) is 12.8. The smallest absolute Gasteiger partial charge is 0.162 e. The Kier molecular flexibility index (Phi) is 6.93. The molecule has 0 fully saturated rings. The zero-order valence-corrected chi connectivity index (χ0v) is 23.6. The van der Waals surface area contributed by atoms with Crippen molar-refractivity contribution in [3.63, 3.8) is 0 Å². The third-order valence-electron chi connectivity index (χ3n) is 6.47. The van der Waals surface area contributed by atoms with Gasteiger partial charge in [-0.05, 0) is 52.5 Å². The normalized spacial score (nSPS) is 14.1. The maximum absolute atomic E-state index is 11.8. The summed E-state index contributed by atoms with van der Waals surface area (Å²) in [6, 6.07) is 10.5. The molecule has 9 heteroatoms. The molecule has 0 aliphatic heterocycles. The van der Waals surface area contributed by atoms with Gasteiger partial charge in [-0.25, -0.2) is 4.68 Å². The van der Waals surface area contributed by atoms with Crippen LogP contribution in [0.15, 0.2) is 36.7 Å². The zero-order chi connectivity index (χ0) is 24.1. The highest BCUT2D eigenvalue weighted by Crippen LogP contribution is 2.53. The van der Waals surface area contributed by atoms with Gasteiger partial charge in [0.1, 0.15) is 18.8 Å². The van der Waals surface area contributed by atoms with Crippen LogP contribution < -0.4 is 0 Å². The first-order valence-electron chi connectivity index (χ1n) is 10.3. The van der Waals surface area contributed by atoms with Gasteiger partial charge in [0, 0.05) is 22.2 Å². The van der Waals surface area contributed by atoms with Crippen LogP contribution in [0.4, 0.5) is 0 Å². The summed E-state index contributed by atoms with van der Waals surface area (Å²) >= 11 is 1.32. The van der Waals surface area contributed by atoms with Crippen LogP contribution >= 0.6 is 39.1 Å². The van der Waals surface area contributed by atoms with Crippen LogP contribution in [0, 0.1) is 18.3 Å². The van der Waals surface area contributed by atoms with Gasteiger partial charge < -0.3 is 0 Å². The summed E-state index contributed by atoms with van der Waals surface area (Å²) in [5, 5.41) is 13.7. The van der Waals surface area contributed by atoms with E-state index in [1.807, 2.05) is 10.9 Å². The topological polar surface area (TPSA) is 58.7 Å². The fraction of sp³-hybridized carbons (Fsp3) is 0.348. The molecule has 2 heterocycles. The van der Waals surface area contributed by atoms with E-state index in [1.54, 1.807) is 12.3 Å². The molecule has 0 N–H and O–H groups in total. The number of hydrogen-bond donors (Lipinski definition) is 0. The summed E-state index contributed by atoms with van der Waals surface area (Å²) in [5.41, 5.74) is 4.76. The van der Waals surface area contributed by atoms with Gasteiger partial charge >= 0.3 is 0 Å². The Morgan fingerprint density at radius 1 is 1.22 bits per heavy atom. The highest BCUT2D eigenvalue weighted by Gasteiger charge is 2.48. The molecule has 0 aliphatic carbocycles. The fourth-order valence-corrected chi connectivity index (χ4v) is 6.93. The molecule has 0 bridgehead atoms. The average Bonchev–Trinajstić information content (AvgIpc) is 3.32. The number of aryl methyl sites for hydroxylation is 1. The molecule has 0 saturated heterocycles. The molecule has 32 heavy (non-hydrogen) atoms.